The van der Waals surface area contributed by atoms with E-state index in [1.807, 2.05) is 12.1 Å². The van der Waals surface area contributed by atoms with Crippen LogP contribution in [-0.2, 0) is 11.2 Å². The molecule has 1 aromatic carbocycles. The van der Waals surface area contributed by atoms with Gasteiger partial charge in [-0.25, -0.2) is 0 Å². The van der Waals surface area contributed by atoms with Crippen molar-refractivity contribution in [1.29, 1.82) is 0 Å². The van der Waals surface area contributed by atoms with Crippen molar-refractivity contribution in [2.75, 3.05) is 11.9 Å². The van der Waals surface area contributed by atoms with E-state index in [-0.39, 0.29) is 23.9 Å². The van der Waals surface area contributed by atoms with Crippen LogP contribution in [0.2, 0.25) is 0 Å². The molecule has 0 atom stereocenters. The Morgan fingerprint density at radius 1 is 1.29 bits per heavy atom. The summed E-state index contributed by atoms with van der Waals surface area (Å²) in [5, 5.41) is 3.08. The Kier molecular flexibility index (Phi) is 3.68. The van der Waals surface area contributed by atoms with Gasteiger partial charge in [-0.05, 0) is 49.4 Å². The zero-order valence-electron chi connectivity index (χ0n) is 12.3. The highest BCUT2D eigenvalue weighted by molar-refractivity contribution is 6.03. The second-order valence-corrected chi connectivity index (χ2v) is 6.06. The number of fused-ring (bicyclic) bond motifs is 1. The normalized spacial score (nSPS) is 24.9. The molecule has 1 aromatic rings. The molecule has 0 radical (unpaired) electrons. The first-order chi connectivity index (χ1) is 10.0. The quantitative estimate of drug-likeness (QED) is 0.858. The molecule has 0 spiro atoms. The molecule has 1 heterocycles. The Hall–Kier alpha value is -1.88. The van der Waals surface area contributed by atoms with E-state index in [4.69, 9.17) is 5.73 Å². The predicted molar refractivity (Wildman–Crippen MR) is 81.3 cm³/mol. The van der Waals surface area contributed by atoms with Gasteiger partial charge in [0.15, 0.2) is 0 Å². The maximum Gasteiger partial charge on any atom is 0.251 e. The number of hydrogen-bond acceptors (Lipinski definition) is 3. The molecule has 0 unspecified atom stereocenters. The number of amides is 2. The topological polar surface area (TPSA) is 75.4 Å². The Bertz CT molecular complexity index is 577. The van der Waals surface area contributed by atoms with Gasteiger partial charge in [0.2, 0.25) is 5.91 Å². The summed E-state index contributed by atoms with van der Waals surface area (Å²) >= 11 is 0. The molecule has 3 N–H and O–H groups in total. The lowest BCUT2D eigenvalue weighted by molar-refractivity contribution is -0.117. The van der Waals surface area contributed by atoms with Crippen LogP contribution in [0.25, 0.3) is 0 Å². The second-order valence-electron chi connectivity index (χ2n) is 6.06. The van der Waals surface area contributed by atoms with Crippen LogP contribution in [-0.4, -0.2) is 30.9 Å². The smallest absolute Gasteiger partial charge is 0.251 e. The van der Waals surface area contributed by atoms with E-state index < -0.39 is 0 Å². The molecule has 3 rings (SSSR count). The Labute approximate surface area is 124 Å². The van der Waals surface area contributed by atoms with Crippen LogP contribution in [0, 0.1) is 0 Å². The fourth-order valence-electron chi connectivity index (χ4n) is 3.14. The summed E-state index contributed by atoms with van der Waals surface area (Å²) in [5.74, 6) is 0.0177. The number of nitrogens with two attached hydrogens (primary N) is 1. The summed E-state index contributed by atoms with van der Waals surface area (Å²) in [6.45, 7) is 0. The monoisotopic (exact) mass is 287 g/mol. The number of nitrogens with zero attached hydrogens (tertiary/aromatic N) is 1. The molecule has 0 aromatic heterocycles. The number of carbonyl (C=O) groups excluding carboxylic acids is 2. The number of rotatable bonds is 2. The maximum absolute atomic E-state index is 12.3. The molecule has 1 aliphatic carbocycles. The molecular formula is C16H21N3O2. The highest BCUT2D eigenvalue weighted by atomic mass is 16.2. The number of likely N-dealkylation sites (N-methyl/N-ethyl adjacent to an activating group) is 1. The number of carbonyl (C=O) groups is 2. The molecule has 21 heavy (non-hydrogen) atoms. The fraction of sp³-hybridized carbons (Fsp3) is 0.500. The molecule has 0 saturated heterocycles. The van der Waals surface area contributed by atoms with Crippen LogP contribution in [0.1, 0.15) is 41.6 Å². The zero-order chi connectivity index (χ0) is 15.0. The Morgan fingerprint density at radius 2 is 2.00 bits per heavy atom. The third-order valence-corrected chi connectivity index (χ3v) is 4.53. The van der Waals surface area contributed by atoms with Gasteiger partial charge in [0.1, 0.15) is 0 Å². The largest absolute Gasteiger partial charge is 0.349 e. The first-order valence-corrected chi connectivity index (χ1v) is 7.50. The highest BCUT2D eigenvalue weighted by Crippen LogP contribution is 2.28. The minimum absolute atomic E-state index is 0.0553. The summed E-state index contributed by atoms with van der Waals surface area (Å²) in [7, 11) is 1.76. The predicted octanol–water partition coefficient (Wildman–Crippen LogP) is 1.21. The first-order valence-electron chi connectivity index (χ1n) is 7.50. The summed E-state index contributed by atoms with van der Waals surface area (Å²) in [5.41, 5.74) is 8.34. The number of benzene rings is 1. The Morgan fingerprint density at radius 3 is 2.71 bits per heavy atom. The van der Waals surface area contributed by atoms with Crippen molar-refractivity contribution >= 4 is 17.5 Å². The van der Waals surface area contributed by atoms with Crippen molar-refractivity contribution < 1.29 is 9.59 Å². The van der Waals surface area contributed by atoms with Crippen molar-refractivity contribution in [2.24, 2.45) is 5.73 Å². The van der Waals surface area contributed by atoms with E-state index in [1.54, 1.807) is 18.0 Å². The van der Waals surface area contributed by atoms with Crippen molar-refractivity contribution in [1.82, 2.24) is 5.32 Å². The van der Waals surface area contributed by atoms with E-state index in [0.29, 0.717) is 12.0 Å². The lowest BCUT2D eigenvalue weighted by atomic mass is 9.91. The highest BCUT2D eigenvalue weighted by Gasteiger charge is 2.25. The molecule has 2 amide bonds. The van der Waals surface area contributed by atoms with Crippen molar-refractivity contribution in [3.05, 3.63) is 29.3 Å². The fourth-order valence-corrected chi connectivity index (χ4v) is 3.14. The molecule has 0 bridgehead atoms. The molecule has 5 heteroatoms. The number of nitrogens with one attached hydrogen (secondary N) is 1. The van der Waals surface area contributed by atoms with Crippen LogP contribution >= 0.6 is 0 Å². The van der Waals surface area contributed by atoms with Crippen LogP contribution in [0.5, 0.6) is 0 Å². The maximum atomic E-state index is 12.3. The van der Waals surface area contributed by atoms with E-state index in [2.05, 4.69) is 5.32 Å². The van der Waals surface area contributed by atoms with Gasteiger partial charge in [-0.2, -0.15) is 0 Å². The molecule has 112 valence electrons. The summed E-state index contributed by atoms with van der Waals surface area (Å²) in [6.07, 6.45) is 4.20. The van der Waals surface area contributed by atoms with Gasteiger partial charge in [0, 0.05) is 30.4 Å². The van der Waals surface area contributed by atoms with Crippen LogP contribution in [0.3, 0.4) is 0 Å². The molecule has 1 saturated carbocycles. The third-order valence-electron chi connectivity index (χ3n) is 4.53. The van der Waals surface area contributed by atoms with Crippen molar-refractivity contribution in [3.63, 3.8) is 0 Å². The van der Waals surface area contributed by atoms with Gasteiger partial charge in [-0.1, -0.05) is 0 Å². The van der Waals surface area contributed by atoms with Gasteiger partial charge < -0.3 is 16.0 Å². The first kappa shape index (κ1) is 14.1. The van der Waals surface area contributed by atoms with Gasteiger partial charge in [-0.15, -0.1) is 0 Å². The lowest BCUT2D eigenvalue weighted by Crippen LogP contribution is -2.40. The van der Waals surface area contributed by atoms with Gasteiger partial charge in [-0.3, -0.25) is 9.59 Å². The van der Waals surface area contributed by atoms with Gasteiger partial charge in [0.05, 0.1) is 6.42 Å². The summed E-state index contributed by atoms with van der Waals surface area (Å²) in [4.78, 5) is 25.6. The van der Waals surface area contributed by atoms with E-state index in [9.17, 15) is 9.59 Å². The van der Waals surface area contributed by atoms with Crippen LogP contribution in [0.4, 0.5) is 5.69 Å². The van der Waals surface area contributed by atoms with Crippen LogP contribution < -0.4 is 16.0 Å². The standard InChI is InChI=1S/C16H21N3O2/c1-19-14-7-2-10(8-11(14)9-15(19)20)16(21)18-13-5-3-12(17)4-6-13/h2,7-8,12-13H,3-6,9,17H2,1H3,(H,18,21)/t12-,13-. The summed E-state index contributed by atoms with van der Waals surface area (Å²) in [6, 6.07) is 5.97. The molecule has 1 aliphatic heterocycles. The SMILES string of the molecule is CN1C(=O)Cc2cc(C(=O)N[C@H]3CC[C@H](N)CC3)ccc21. The van der Waals surface area contributed by atoms with Crippen molar-refractivity contribution in [2.45, 2.75) is 44.2 Å². The number of anilines is 1. The summed E-state index contributed by atoms with van der Waals surface area (Å²) < 4.78 is 0. The zero-order valence-corrected chi connectivity index (χ0v) is 12.3. The van der Waals surface area contributed by atoms with E-state index in [1.165, 1.54) is 0 Å². The molecule has 2 aliphatic rings. The van der Waals surface area contributed by atoms with Crippen molar-refractivity contribution in [3.8, 4) is 0 Å². The lowest BCUT2D eigenvalue weighted by Gasteiger charge is -2.26. The molecule has 5 nitrogen and oxygen atoms in total. The van der Waals surface area contributed by atoms with E-state index >= 15 is 0 Å². The Balaban J connectivity index is 1.69. The second kappa shape index (κ2) is 5.48. The van der Waals surface area contributed by atoms with Crippen LogP contribution in [0.15, 0.2) is 18.2 Å². The minimum Gasteiger partial charge on any atom is -0.349 e. The van der Waals surface area contributed by atoms with E-state index in [0.717, 1.165) is 36.9 Å². The van der Waals surface area contributed by atoms with Gasteiger partial charge in [0.25, 0.3) is 5.91 Å². The molecule has 1 fully saturated rings. The van der Waals surface area contributed by atoms with Gasteiger partial charge >= 0.3 is 0 Å². The third kappa shape index (κ3) is 2.78. The minimum atomic E-state index is -0.0553. The average Bonchev–Trinajstić information content (AvgIpc) is 2.76. The number of hydrogen-bond donors (Lipinski definition) is 2. The average molecular weight is 287 g/mol. The molecular weight excluding hydrogens is 266 g/mol.